The zero-order valence-corrected chi connectivity index (χ0v) is 19.5. The van der Waals surface area contributed by atoms with Crippen molar-refractivity contribution in [1.29, 1.82) is 0 Å². The zero-order chi connectivity index (χ0) is 22.9. The summed E-state index contributed by atoms with van der Waals surface area (Å²) in [5.74, 6) is 0.189. The average Bonchev–Trinajstić information content (AvgIpc) is 3.01. The van der Waals surface area contributed by atoms with E-state index in [-0.39, 0.29) is 17.5 Å². The number of ether oxygens (including phenoxy) is 1. The zero-order valence-electron chi connectivity index (χ0n) is 18.7. The number of amides is 1. The van der Waals surface area contributed by atoms with Gasteiger partial charge < -0.3 is 14.5 Å². The van der Waals surface area contributed by atoms with Crippen LogP contribution < -0.4 is 10.5 Å². The van der Waals surface area contributed by atoms with E-state index in [9.17, 15) is 14.0 Å². The topological polar surface area (TPSA) is 67.7 Å². The molecular weight excluding hydrogens is 443 g/mol. The Morgan fingerprint density at radius 1 is 1.09 bits per heavy atom. The van der Waals surface area contributed by atoms with E-state index in [0.717, 1.165) is 36.1 Å². The van der Waals surface area contributed by atoms with Crippen molar-refractivity contribution in [3.63, 3.8) is 0 Å². The Morgan fingerprint density at radius 2 is 1.82 bits per heavy atom. The summed E-state index contributed by atoms with van der Waals surface area (Å²) in [5, 5.41) is 0.704. The molecule has 5 rings (SSSR count). The molecule has 0 saturated carbocycles. The number of thiophene rings is 1. The highest BCUT2D eigenvalue weighted by atomic mass is 32.1. The smallest absolute Gasteiger partial charge is 0.409 e. The Hall–Kier alpha value is -2.94. The number of piperazine rings is 1. The minimum Gasteiger partial charge on any atom is -0.450 e. The highest BCUT2D eigenvalue weighted by Crippen LogP contribution is 2.34. The Balaban J connectivity index is 1.60. The Kier molecular flexibility index (Phi) is 6.05. The van der Waals surface area contributed by atoms with Crippen molar-refractivity contribution in [2.24, 2.45) is 0 Å². The first-order chi connectivity index (χ1) is 16.1. The lowest BCUT2D eigenvalue weighted by atomic mass is 10.1. The second-order valence-electron chi connectivity index (χ2n) is 8.45. The summed E-state index contributed by atoms with van der Waals surface area (Å²) >= 11 is 1.63. The molecule has 1 saturated heterocycles. The van der Waals surface area contributed by atoms with Crippen LogP contribution in [0.5, 0.6) is 0 Å². The van der Waals surface area contributed by atoms with Crippen molar-refractivity contribution in [3.05, 3.63) is 50.9 Å². The molecule has 1 aromatic carbocycles. The molecule has 33 heavy (non-hydrogen) atoms. The minimum absolute atomic E-state index is 0.103. The number of anilines is 1. The number of halogens is 1. The van der Waals surface area contributed by atoms with E-state index in [4.69, 9.17) is 9.72 Å². The van der Waals surface area contributed by atoms with Gasteiger partial charge in [-0.2, -0.15) is 0 Å². The van der Waals surface area contributed by atoms with Gasteiger partial charge in [-0.05, 0) is 62.4 Å². The van der Waals surface area contributed by atoms with Gasteiger partial charge in [0.1, 0.15) is 10.6 Å². The lowest BCUT2D eigenvalue weighted by molar-refractivity contribution is 0.105. The van der Waals surface area contributed by atoms with Crippen molar-refractivity contribution in [3.8, 4) is 5.69 Å². The summed E-state index contributed by atoms with van der Waals surface area (Å²) in [4.78, 5) is 36.7. The molecule has 1 amide bonds. The largest absolute Gasteiger partial charge is 0.450 e. The second-order valence-corrected chi connectivity index (χ2v) is 9.53. The number of carbonyl (C=O) groups excluding carboxylic acids is 1. The second kappa shape index (κ2) is 9.13. The van der Waals surface area contributed by atoms with Crippen molar-refractivity contribution in [1.82, 2.24) is 14.5 Å². The molecule has 2 aliphatic rings. The van der Waals surface area contributed by atoms with Gasteiger partial charge in [0, 0.05) is 31.1 Å². The van der Waals surface area contributed by atoms with E-state index in [2.05, 4.69) is 0 Å². The molecule has 0 bridgehead atoms. The average molecular weight is 471 g/mol. The van der Waals surface area contributed by atoms with Crippen LogP contribution in [0.25, 0.3) is 15.9 Å². The van der Waals surface area contributed by atoms with E-state index < -0.39 is 0 Å². The molecular formula is C24H27FN4O3S. The van der Waals surface area contributed by atoms with Crippen molar-refractivity contribution in [2.45, 2.75) is 39.0 Å². The molecule has 3 heterocycles. The summed E-state index contributed by atoms with van der Waals surface area (Å²) in [7, 11) is 0. The van der Waals surface area contributed by atoms with Crippen LogP contribution in [0.4, 0.5) is 15.1 Å². The van der Waals surface area contributed by atoms with Crippen molar-refractivity contribution in [2.75, 3.05) is 37.7 Å². The summed E-state index contributed by atoms with van der Waals surface area (Å²) in [6.07, 6.45) is 4.94. The number of aryl methyl sites for hydroxylation is 2. The Bertz CT molecular complexity index is 1230. The monoisotopic (exact) mass is 470 g/mol. The molecule has 0 spiro atoms. The molecule has 0 radical (unpaired) electrons. The first kappa shape index (κ1) is 21.9. The molecule has 174 valence electrons. The maximum absolute atomic E-state index is 13.9. The number of rotatable bonds is 3. The van der Waals surface area contributed by atoms with Crippen molar-refractivity contribution >= 4 is 33.6 Å². The third-order valence-electron chi connectivity index (χ3n) is 6.39. The number of carbonyl (C=O) groups is 1. The van der Waals surface area contributed by atoms with Crippen LogP contribution in [-0.4, -0.2) is 53.3 Å². The predicted octanol–water partition coefficient (Wildman–Crippen LogP) is 4.13. The van der Waals surface area contributed by atoms with Crippen LogP contribution >= 0.6 is 11.3 Å². The van der Waals surface area contributed by atoms with Gasteiger partial charge in [0.25, 0.3) is 5.56 Å². The number of hydrogen-bond acceptors (Lipinski definition) is 6. The summed E-state index contributed by atoms with van der Waals surface area (Å²) < 4.78 is 20.4. The van der Waals surface area contributed by atoms with Crippen molar-refractivity contribution < 1.29 is 13.9 Å². The Labute approximate surface area is 195 Å². The van der Waals surface area contributed by atoms with E-state index in [0.29, 0.717) is 49.8 Å². The third-order valence-corrected chi connectivity index (χ3v) is 7.58. The van der Waals surface area contributed by atoms with Crippen LogP contribution in [0.3, 0.4) is 0 Å². The summed E-state index contributed by atoms with van der Waals surface area (Å²) in [6, 6.07) is 5.96. The fraction of sp³-hybridized carbons (Fsp3) is 0.458. The summed E-state index contributed by atoms with van der Waals surface area (Å²) in [6.45, 7) is 4.15. The SMILES string of the molecule is CCOC(=O)N1CCN(c2nc3sc4c(c3c(=O)n2-c2ccc(F)cc2)CCCCC4)CC1. The maximum Gasteiger partial charge on any atom is 0.409 e. The Morgan fingerprint density at radius 3 is 2.55 bits per heavy atom. The van der Waals surface area contributed by atoms with E-state index in [1.165, 1.54) is 23.4 Å². The van der Waals surface area contributed by atoms with Gasteiger partial charge in [-0.15, -0.1) is 11.3 Å². The highest BCUT2D eigenvalue weighted by Gasteiger charge is 2.28. The van der Waals surface area contributed by atoms with Gasteiger partial charge in [0.05, 0.1) is 17.7 Å². The first-order valence-electron chi connectivity index (χ1n) is 11.6. The van der Waals surface area contributed by atoms with Gasteiger partial charge >= 0.3 is 6.09 Å². The lowest BCUT2D eigenvalue weighted by Gasteiger charge is -2.35. The van der Waals surface area contributed by atoms with Gasteiger partial charge in [-0.1, -0.05) is 6.42 Å². The molecule has 1 aliphatic carbocycles. The molecule has 3 aromatic rings. The number of aromatic nitrogens is 2. The normalized spacial score (nSPS) is 16.5. The van der Waals surface area contributed by atoms with Crippen LogP contribution in [0.1, 0.15) is 36.6 Å². The van der Waals surface area contributed by atoms with Crippen LogP contribution in [0.2, 0.25) is 0 Å². The quantitative estimate of drug-likeness (QED) is 0.539. The number of fused-ring (bicyclic) bond motifs is 3. The molecule has 0 atom stereocenters. The fourth-order valence-corrected chi connectivity index (χ4v) is 5.96. The van der Waals surface area contributed by atoms with Crippen LogP contribution in [0, 0.1) is 5.82 Å². The molecule has 2 aromatic heterocycles. The molecule has 0 unspecified atom stereocenters. The molecule has 1 aliphatic heterocycles. The third kappa shape index (κ3) is 4.10. The molecule has 1 fully saturated rings. The lowest BCUT2D eigenvalue weighted by Crippen LogP contribution is -2.50. The van der Waals surface area contributed by atoms with Gasteiger partial charge in [-0.25, -0.2) is 18.7 Å². The van der Waals surface area contributed by atoms with Crippen LogP contribution in [-0.2, 0) is 17.6 Å². The van der Waals surface area contributed by atoms with E-state index in [1.54, 1.807) is 39.9 Å². The molecule has 7 nitrogen and oxygen atoms in total. The number of hydrogen-bond donors (Lipinski definition) is 0. The fourth-order valence-electron chi connectivity index (χ4n) is 4.71. The molecule has 9 heteroatoms. The maximum atomic E-state index is 13.9. The summed E-state index contributed by atoms with van der Waals surface area (Å²) in [5.41, 5.74) is 1.63. The standard InChI is InChI=1S/C24H27FN4O3S/c1-2-32-24(31)28-14-12-27(13-15-28)23-26-21-20(18-6-4-3-5-7-19(18)33-21)22(30)29(23)17-10-8-16(25)9-11-17/h8-11H,2-7,12-15H2,1H3. The predicted molar refractivity (Wildman–Crippen MR) is 127 cm³/mol. The van der Waals surface area contributed by atoms with Gasteiger partial charge in [0.2, 0.25) is 5.95 Å². The molecule has 0 N–H and O–H groups in total. The highest BCUT2D eigenvalue weighted by molar-refractivity contribution is 7.18. The van der Waals surface area contributed by atoms with E-state index >= 15 is 0 Å². The minimum atomic E-state index is -0.352. The van der Waals surface area contributed by atoms with Gasteiger partial charge in [-0.3, -0.25) is 4.79 Å². The number of nitrogens with zero attached hydrogens (tertiary/aromatic N) is 4. The first-order valence-corrected chi connectivity index (χ1v) is 12.4. The van der Waals surface area contributed by atoms with E-state index in [1.807, 2.05) is 4.90 Å². The van der Waals surface area contributed by atoms with Gasteiger partial charge in [0.15, 0.2) is 0 Å². The number of benzene rings is 1. The van der Waals surface area contributed by atoms with Crippen LogP contribution in [0.15, 0.2) is 29.1 Å².